The summed E-state index contributed by atoms with van der Waals surface area (Å²) in [6.45, 7) is 32.3. The van der Waals surface area contributed by atoms with Crippen molar-refractivity contribution in [1.82, 2.24) is 39.5 Å². The first-order valence-corrected chi connectivity index (χ1v) is 54.4. The Morgan fingerprint density at radius 2 is 0.664 bits per heavy atom. The smallest absolute Gasteiger partial charge is 0.213 e. The standard InChI is InChI=1S/C33H41Cl2N3O4.2C28H33Cl2N3O3.C28H33Cl2N3O2/c1-3-17-40-28-13-14-30(29(35)19-28)38-16-15-37(21-31(38)24-7-10-26(34)11-8-24)23-33(2,39)25-9-12-27(36-20-25)22-42-32-6-4-5-18-41-32;1-4-15-36-23-10-11-25(24(30)16-23)33-14-13-32(18-26(33)20-5-8-22(29)9-6-20)19-28(2,34)21-7-12-27(35-3)31-17-21;1-4-15-36-23-9-10-25(24(30)17-23)33-14-13-32(18-26(33)20-5-7-22(29)8-6-20)19-28(2,34)21-11-12-31-27(16-21)35-3;1-4-15-35-24-11-12-26(25(30)16-24)33-14-13-32(18-27(33)21-6-9-23(29)10-7-21)19-28(3,34)22-8-5-20(2)31-17-22/h7-14,19-20,31-32,39H,3-6,15-18,21-23H2,1-2H3;2*5-12,16-17,26,34H,4,13-15,18-19H2,1-3H3;5-12,16-17,27,34H,4,13-15,18-19H2,1-3H3/t31-,32?,33+;2*26-,28+;27-,28+/m0000/s1. The third-order valence-electron chi connectivity index (χ3n) is 27.5. The van der Waals surface area contributed by atoms with Crippen LogP contribution in [0.3, 0.4) is 0 Å². The number of hydrogen-bond acceptors (Lipinski definition) is 24. The van der Waals surface area contributed by atoms with Gasteiger partial charge in [0.25, 0.3) is 0 Å². The molecule has 9 heterocycles. The van der Waals surface area contributed by atoms with E-state index in [9.17, 15) is 20.4 Å². The van der Waals surface area contributed by atoms with E-state index in [1.54, 1.807) is 51.1 Å². The first kappa shape index (κ1) is 115. The maximum Gasteiger partial charge on any atom is 0.213 e. The summed E-state index contributed by atoms with van der Waals surface area (Å²) in [5.74, 6) is 4.11. The minimum Gasteiger partial charge on any atom is -0.494 e. The minimum absolute atomic E-state index is 0.0198. The van der Waals surface area contributed by atoms with E-state index in [1.165, 1.54) is 0 Å². The van der Waals surface area contributed by atoms with Gasteiger partial charge in [-0.15, -0.1) is 0 Å². The highest BCUT2D eigenvalue weighted by Gasteiger charge is 2.41. The van der Waals surface area contributed by atoms with Crippen molar-refractivity contribution >= 4 is 116 Å². The highest BCUT2D eigenvalue weighted by atomic mass is 35.5. The molecule has 0 saturated carbocycles. The van der Waals surface area contributed by atoms with Crippen molar-refractivity contribution < 1.29 is 58.3 Å². The Hall–Kier alpha value is -9.72. The van der Waals surface area contributed by atoms with E-state index in [-0.39, 0.29) is 30.5 Å². The van der Waals surface area contributed by atoms with E-state index in [4.69, 9.17) is 131 Å². The minimum atomic E-state index is -1.08. The summed E-state index contributed by atoms with van der Waals surface area (Å²) in [4.78, 5) is 35.9. The van der Waals surface area contributed by atoms with Gasteiger partial charge >= 0.3 is 0 Å². The number of rotatable bonds is 37. The second-order valence-corrected chi connectivity index (χ2v) is 42.8. The van der Waals surface area contributed by atoms with Crippen LogP contribution in [0.2, 0.25) is 40.2 Å². The summed E-state index contributed by atoms with van der Waals surface area (Å²) in [7, 11) is 3.15. The number of halogens is 8. The largest absolute Gasteiger partial charge is 0.494 e. The number of piperazine rings is 4. The van der Waals surface area contributed by atoms with Crippen molar-refractivity contribution in [2.75, 3.05) is 172 Å². The van der Waals surface area contributed by atoms with Crippen LogP contribution in [0.15, 0.2) is 243 Å². The van der Waals surface area contributed by atoms with Gasteiger partial charge in [0.2, 0.25) is 11.8 Å². The van der Waals surface area contributed by atoms with Crippen LogP contribution in [0.1, 0.15) is 180 Å². The Morgan fingerprint density at radius 3 is 0.946 bits per heavy atom. The fraction of sp³-hybridized carbons (Fsp3) is 0.419. The molecule has 0 radical (unpaired) electrons. The molecule has 1 unspecified atom stereocenters. The quantitative estimate of drug-likeness (QED) is 0.0283. The average Bonchev–Trinajstić information content (AvgIpc) is 0.789. The number of benzene rings is 8. The first-order chi connectivity index (χ1) is 71.7. The van der Waals surface area contributed by atoms with Crippen molar-refractivity contribution in [3.63, 3.8) is 0 Å². The Bertz CT molecular complexity index is 6190. The summed E-state index contributed by atoms with van der Waals surface area (Å²) >= 11 is 51.9. The van der Waals surface area contributed by atoms with E-state index < -0.39 is 22.4 Å². The number of methoxy groups -OCH3 is 2. The molecule has 796 valence electrons. The lowest BCUT2D eigenvalue weighted by molar-refractivity contribution is -0.169. The third-order valence-corrected chi connectivity index (χ3v) is 29.7. The van der Waals surface area contributed by atoms with Crippen LogP contribution >= 0.6 is 92.8 Å². The summed E-state index contributed by atoms with van der Waals surface area (Å²) in [5, 5.41) is 51.1. The molecular formula is C117H140Cl8N12O12. The van der Waals surface area contributed by atoms with E-state index in [0.29, 0.717) is 131 Å². The zero-order valence-electron chi connectivity index (χ0n) is 86.9. The molecule has 0 amide bonds. The Morgan fingerprint density at radius 1 is 0.342 bits per heavy atom. The van der Waals surface area contributed by atoms with E-state index in [2.05, 4.69) is 135 Å². The monoisotopic (exact) mass is 2180 g/mol. The molecule has 17 rings (SSSR count). The highest BCUT2D eigenvalue weighted by molar-refractivity contribution is 6.35. The van der Waals surface area contributed by atoms with Gasteiger partial charge in [-0.05, 0) is 229 Å². The van der Waals surface area contributed by atoms with E-state index >= 15 is 0 Å². The summed E-state index contributed by atoms with van der Waals surface area (Å²) in [5.41, 5.74) is 9.07. The number of aliphatic hydroxyl groups is 4. The number of pyridine rings is 4. The molecule has 4 N–H and O–H groups in total. The van der Waals surface area contributed by atoms with Gasteiger partial charge in [0.15, 0.2) is 6.29 Å². The lowest BCUT2D eigenvalue weighted by atomic mass is 9.94. The van der Waals surface area contributed by atoms with Crippen molar-refractivity contribution in [1.29, 1.82) is 0 Å². The molecule has 0 spiro atoms. The predicted octanol–water partition coefficient (Wildman–Crippen LogP) is 25.2. The lowest BCUT2D eigenvalue weighted by Gasteiger charge is -2.45. The fourth-order valence-corrected chi connectivity index (χ4v) is 21.1. The molecule has 5 aliphatic heterocycles. The molecule has 9 atom stereocenters. The fourth-order valence-electron chi connectivity index (χ4n) is 19.5. The van der Waals surface area contributed by atoms with Gasteiger partial charge in [0.05, 0.1) is 126 Å². The van der Waals surface area contributed by atoms with Crippen LogP contribution in [0.4, 0.5) is 22.7 Å². The molecule has 8 aromatic carbocycles. The Balaban J connectivity index is 0.000000157. The molecule has 0 bridgehead atoms. The Kier molecular flexibility index (Phi) is 42.2. The number of ether oxygens (including phenoxy) is 8. The second kappa shape index (κ2) is 54.7. The molecule has 12 aromatic rings. The van der Waals surface area contributed by atoms with Gasteiger partial charge in [-0.3, -0.25) is 29.6 Å². The summed E-state index contributed by atoms with van der Waals surface area (Å²) in [6, 6.07) is 70.6. The van der Waals surface area contributed by atoms with E-state index in [1.807, 2.05) is 192 Å². The zero-order chi connectivity index (χ0) is 106. The van der Waals surface area contributed by atoms with Crippen molar-refractivity contribution in [2.45, 2.75) is 167 Å². The molecule has 5 fully saturated rings. The SMILES string of the molecule is CCCOc1ccc(N2CCN(C[C@@](C)(O)c3ccc(C)nc3)C[C@H]2c2ccc(Cl)cc2)c(Cl)c1.CCCOc1ccc(N2CCN(C[C@@](C)(O)c3ccc(COC4CCCCO4)nc3)C[C@H]2c2ccc(Cl)cc2)c(Cl)c1.CCCOc1ccc(N2CCN(C[C@@](C)(O)c3ccc(OC)nc3)C[C@H]2c2ccc(Cl)cc2)c(Cl)c1.CCCOc1ccc(N2CCN(C[C@@](C)(O)c3ccnc(OC)c3)C[C@H]2c2ccc(Cl)cc2)c(Cl)c1. The summed E-state index contributed by atoms with van der Waals surface area (Å²) < 4.78 is 45.0. The van der Waals surface area contributed by atoms with Gasteiger partial charge in [-0.2, -0.15) is 0 Å². The van der Waals surface area contributed by atoms with Crippen LogP contribution in [-0.2, 0) is 38.5 Å². The first-order valence-electron chi connectivity index (χ1n) is 51.4. The molecule has 0 aliphatic carbocycles. The normalized spacial score (nSPS) is 19.0. The zero-order valence-corrected chi connectivity index (χ0v) is 93.0. The van der Waals surface area contributed by atoms with Gasteiger partial charge in [-0.25, -0.2) is 9.97 Å². The maximum absolute atomic E-state index is 11.6. The van der Waals surface area contributed by atoms with Gasteiger partial charge in [0, 0.05) is 215 Å². The third kappa shape index (κ3) is 32.0. The van der Waals surface area contributed by atoms with Gasteiger partial charge < -0.3 is 77.9 Å². The number of nitrogens with zero attached hydrogens (tertiary/aromatic N) is 12. The highest BCUT2D eigenvalue weighted by Crippen LogP contribution is 2.46. The molecule has 4 aromatic heterocycles. The van der Waals surface area contributed by atoms with Crippen molar-refractivity contribution in [3.8, 4) is 34.8 Å². The predicted molar refractivity (Wildman–Crippen MR) is 602 cm³/mol. The summed E-state index contributed by atoms with van der Waals surface area (Å²) in [6.07, 6.45) is 13.6. The number of hydrogen-bond donors (Lipinski definition) is 4. The van der Waals surface area contributed by atoms with Crippen molar-refractivity contribution in [2.24, 2.45) is 0 Å². The molecule has 149 heavy (non-hydrogen) atoms. The van der Waals surface area contributed by atoms with Crippen molar-refractivity contribution in [3.05, 3.63) is 339 Å². The van der Waals surface area contributed by atoms with Gasteiger partial charge in [0.1, 0.15) is 39.8 Å². The maximum atomic E-state index is 11.6. The molecule has 24 nitrogen and oxygen atoms in total. The van der Waals surface area contributed by atoms with Crippen LogP contribution in [-0.4, -0.2) is 218 Å². The molecule has 5 aliphatic rings. The number of β-amino-alcohol motifs (C(OH)–C–C–N with tert-alkyl or cyclic N) is 4. The molecule has 32 heteroatoms. The van der Waals surface area contributed by atoms with Crippen LogP contribution in [0, 0.1) is 6.92 Å². The number of aryl methyl sites for hydroxylation is 1. The average molecular weight is 2190 g/mol. The lowest BCUT2D eigenvalue weighted by Crippen LogP contribution is -2.52. The van der Waals surface area contributed by atoms with Crippen LogP contribution < -0.4 is 48.0 Å². The number of anilines is 4. The van der Waals surface area contributed by atoms with Gasteiger partial charge in [-0.1, -0.05) is 181 Å². The molecule has 5 saturated heterocycles. The topological polar surface area (TPSA) is 232 Å². The number of aromatic nitrogens is 4. The molecular weight excluding hydrogens is 2050 g/mol. The van der Waals surface area contributed by atoms with Crippen LogP contribution in [0.5, 0.6) is 34.8 Å². The second-order valence-electron chi connectivity index (χ2n) is 39.4. The van der Waals surface area contributed by atoms with Crippen LogP contribution in [0.25, 0.3) is 0 Å². The van der Waals surface area contributed by atoms with E-state index in [0.717, 1.165) is 212 Å². The Labute approximate surface area is 918 Å².